The van der Waals surface area contributed by atoms with Gasteiger partial charge in [-0.05, 0) is 17.7 Å². The van der Waals surface area contributed by atoms with Crippen LogP contribution in [0.4, 0.5) is 5.13 Å². The fraction of sp³-hybridized carbons (Fsp3) is 0.250. The lowest BCUT2D eigenvalue weighted by Crippen LogP contribution is -2.13. The number of anilines is 1. The third-order valence-corrected chi connectivity index (χ3v) is 6.64. The molecule has 0 saturated heterocycles. The van der Waals surface area contributed by atoms with Gasteiger partial charge in [-0.1, -0.05) is 67.6 Å². The Bertz CT molecular complexity index is 881. The molecule has 1 N–H and O–H groups in total. The van der Waals surface area contributed by atoms with Gasteiger partial charge in [-0.3, -0.25) is 10.1 Å². The molecule has 4 nitrogen and oxygen atoms in total. The van der Waals surface area contributed by atoms with Crippen molar-refractivity contribution >= 4 is 45.9 Å². The first-order chi connectivity index (χ1) is 13.1. The van der Waals surface area contributed by atoms with Gasteiger partial charge in [0.25, 0.3) is 5.91 Å². The number of benzene rings is 2. The van der Waals surface area contributed by atoms with Crippen molar-refractivity contribution in [3.05, 3.63) is 70.7 Å². The van der Waals surface area contributed by atoms with Gasteiger partial charge in [-0.2, -0.15) is 0 Å². The molecule has 0 bridgehead atoms. The number of nitrogens with one attached hydrogen (secondary N) is 1. The van der Waals surface area contributed by atoms with E-state index in [1.807, 2.05) is 42.5 Å². The van der Waals surface area contributed by atoms with E-state index in [2.05, 4.69) is 41.5 Å². The number of thioether (sulfide) groups is 2. The number of rotatable bonds is 8. The summed E-state index contributed by atoms with van der Waals surface area (Å²) >= 11 is 4.90. The van der Waals surface area contributed by atoms with E-state index >= 15 is 0 Å². The minimum absolute atomic E-state index is 0.140. The van der Waals surface area contributed by atoms with E-state index in [9.17, 15) is 4.79 Å². The van der Waals surface area contributed by atoms with Crippen LogP contribution >= 0.6 is 34.9 Å². The molecular formula is C20H21N3OS3. The van der Waals surface area contributed by atoms with Crippen LogP contribution in [0.1, 0.15) is 34.8 Å². The molecule has 0 atom stereocenters. The molecule has 0 aliphatic carbocycles. The van der Waals surface area contributed by atoms with Crippen molar-refractivity contribution in [1.82, 2.24) is 10.2 Å². The van der Waals surface area contributed by atoms with Gasteiger partial charge >= 0.3 is 0 Å². The van der Waals surface area contributed by atoms with Crippen molar-refractivity contribution in [1.29, 1.82) is 0 Å². The van der Waals surface area contributed by atoms with Crippen molar-refractivity contribution < 1.29 is 4.79 Å². The fourth-order valence-corrected chi connectivity index (χ4v) is 5.10. The predicted molar refractivity (Wildman–Crippen MR) is 117 cm³/mol. The number of hydrogen-bond acceptors (Lipinski definition) is 6. The van der Waals surface area contributed by atoms with E-state index in [0.717, 1.165) is 21.4 Å². The Morgan fingerprint density at radius 2 is 1.78 bits per heavy atom. The highest BCUT2D eigenvalue weighted by atomic mass is 32.2. The van der Waals surface area contributed by atoms with Gasteiger partial charge < -0.3 is 0 Å². The lowest BCUT2D eigenvalue weighted by molar-refractivity contribution is 0.102. The highest BCUT2D eigenvalue weighted by Gasteiger charge is 2.15. The van der Waals surface area contributed by atoms with Crippen LogP contribution in [-0.4, -0.2) is 21.4 Å². The molecule has 3 aromatic rings. The maximum absolute atomic E-state index is 12.6. The van der Waals surface area contributed by atoms with Gasteiger partial charge in [0, 0.05) is 21.7 Å². The van der Waals surface area contributed by atoms with Crippen molar-refractivity contribution in [2.75, 3.05) is 5.32 Å². The molecule has 1 heterocycles. The van der Waals surface area contributed by atoms with Crippen LogP contribution in [0, 0.1) is 0 Å². The van der Waals surface area contributed by atoms with Crippen molar-refractivity contribution in [3.63, 3.8) is 0 Å². The molecule has 0 saturated carbocycles. The molecule has 0 radical (unpaired) electrons. The Balaban J connectivity index is 1.57. The van der Waals surface area contributed by atoms with Gasteiger partial charge in [-0.15, -0.1) is 33.7 Å². The van der Waals surface area contributed by atoms with Gasteiger partial charge in [0.2, 0.25) is 5.13 Å². The number of amides is 1. The van der Waals surface area contributed by atoms with Crippen LogP contribution in [0.25, 0.3) is 0 Å². The first kappa shape index (κ1) is 19.9. The minimum atomic E-state index is -0.140. The standard InChI is InChI=1S/C20H21N3OS3/c1-14(2)26-17-11-7-6-10-16(17)19(24)21-20-23-22-18(27-20)13-25-12-15-8-4-3-5-9-15/h3-11,14H,12-13H2,1-2H3,(H,21,23,24). The van der Waals surface area contributed by atoms with E-state index < -0.39 is 0 Å². The van der Waals surface area contributed by atoms with E-state index in [-0.39, 0.29) is 5.91 Å². The second kappa shape index (κ2) is 9.92. The summed E-state index contributed by atoms with van der Waals surface area (Å²) in [7, 11) is 0. The lowest BCUT2D eigenvalue weighted by Gasteiger charge is -2.10. The zero-order valence-corrected chi connectivity index (χ0v) is 17.7. The molecule has 27 heavy (non-hydrogen) atoms. The van der Waals surface area contributed by atoms with Crippen molar-refractivity contribution in [2.45, 2.75) is 35.5 Å². The molecule has 7 heteroatoms. The summed E-state index contributed by atoms with van der Waals surface area (Å²) in [6.45, 7) is 4.23. The highest BCUT2D eigenvalue weighted by Crippen LogP contribution is 2.28. The van der Waals surface area contributed by atoms with Crippen LogP contribution in [0.15, 0.2) is 59.5 Å². The molecule has 3 rings (SSSR count). The minimum Gasteiger partial charge on any atom is -0.296 e. The van der Waals surface area contributed by atoms with Crippen LogP contribution in [-0.2, 0) is 11.5 Å². The Morgan fingerprint density at radius 1 is 1.04 bits per heavy atom. The SMILES string of the molecule is CC(C)Sc1ccccc1C(=O)Nc1nnc(CSCc2ccccc2)s1. The number of hydrogen-bond donors (Lipinski definition) is 1. The third-order valence-electron chi connectivity index (χ3n) is 3.52. The molecular weight excluding hydrogens is 394 g/mol. The van der Waals surface area contributed by atoms with Crippen LogP contribution in [0.3, 0.4) is 0 Å². The average Bonchev–Trinajstić information content (AvgIpc) is 3.10. The predicted octanol–water partition coefficient (Wildman–Crippen LogP) is 5.72. The van der Waals surface area contributed by atoms with Gasteiger partial charge in [0.15, 0.2) is 0 Å². The first-order valence-corrected chi connectivity index (χ1v) is 11.5. The summed E-state index contributed by atoms with van der Waals surface area (Å²) in [5.74, 6) is 1.57. The maximum atomic E-state index is 12.6. The van der Waals surface area contributed by atoms with Crippen LogP contribution in [0.2, 0.25) is 0 Å². The second-order valence-electron chi connectivity index (χ2n) is 6.10. The summed E-state index contributed by atoms with van der Waals surface area (Å²) in [5, 5.41) is 13.1. The Morgan fingerprint density at radius 3 is 2.56 bits per heavy atom. The molecule has 2 aromatic carbocycles. The number of aromatic nitrogens is 2. The summed E-state index contributed by atoms with van der Waals surface area (Å²) in [5.41, 5.74) is 1.96. The Labute approximate surface area is 172 Å². The third kappa shape index (κ3) is 6.09. The number of nitrogens with zero attached hydrogens (tertiary/aromatic N) is 2. The van der Waals surface area contributed by atoms with E-state index in [1.54, 1.807) is 23.5 Å². The number of carbonyl (C=O) groups excluding carboxylic acids is 1. The topological polar surface area (TPSA) is 54.9 Å². The molecule has 1 amide bonds. The molecule has 0 unspecified atom stereocenters. The molecule has 0 aliphatic rings. The van der Waals surface area contributed by atoms with E-state index in [4.69, 9.17) is 0 Å². The van der Waals surface area contributed by atoms with E-state index in [0.29, 0.717) is 15.9 Å². The zero-order valence-electron chi connectivity index (χ0n) is 15.2. The largest absolute Gasteiger partial charge is 0.296 e. The summed E-state index contributed by atoms with van der Waals surface area (Å²) in [6.07, 6.45) is 0. The van der Waals surface area contributed by atoms with Crippen LogP contribution < -0.4 is 5.32 Å². The highest BCUT2D eigenvalue weighted by molar-refractivity contribution is 8.00. The summed E-state index contributed by atoms with van der Waals surface area (Å²) in [4.78, 5) is 13.6. The monoisotopic (exact) mass is 415 g/mol. The lowest BCUT2D eigenvalue weighted by atomic mass is 10.2. The summed E-state index contributed by atoms with van der Waals surface area (Å²) < 4.78 is 0. The number of carbonyl (C=O) groups is 1. The quantitative estimate of drug-likeness (QED) is 0.477. The normalized spacial score (nSPS) is 10.9. The van der Waals surface area contributed by atoms with Gasteiger partial charge in [0.05, 0.1) is 5.56 Å². The smallest absolute Gasteiger partial charge is 0.258 e. The molecule has 0 aliphatic heterocycles. The fourth-order valence-electron chi connectivity index (χ4n) is 2.37. The van der Waals surface area contributed by atoms with E-state index in [1.165, 1.54) is 16.9 Å². The van der Waals surface area contributed by atoms with Crippen molar-refractivity contribution in [2.24, 2.45) is 0 Å². The molecule has 1 aromatic heterocycles. The molecule has 140 valence electrons. The Hall–Kier alpha value is -1.83. The zero-order chi connectivity index (χ0) is 19.1. The first-order valence-electron chi connectivity index (χ1n) is 8.63. The molecule has 0 fully saturated rings. The Kier molecular flexibility index (Phi) is 7.32. The maximum Gasteiger partial charge on any atom is 0.258 e. The molecule has 0 spiro atoms. The van der Waals surface area contributed by atoms with Gasteiger partial charge in [0.1, 0.15) is 5.01 Å². The van der Waals surface area contributed by atoms with Crippen molar-refractivity contribution in [3.8, 4) is 0 Å². The average molecular weight is 416 g/mol. The second-order valence-corrected chi connectivity index (χ2v) is 9.76. The van der Waals surface area contributed by atoms with Gasteiger partial charge in [-0.25, -0.2) is 0 Å². The van der Waals surface area contributed by atoms with Crippen LogP contribution in [0.5, 0.6) is 0 Å². The summed E-state index contributed by atoms with van der Waals surface area (Å²) in [6, 6.07) is 18.0.